The minimum atomic E-state index is -1.92. The molecule has 36 heteroatoms. The number of allylic oxidation sites excluding steroid dienone is 1. The Bertz CT molecular complexity index is 5090. The summed E-state index contributed by atoms with van der Waals surface area (Å²) in [5.41, 5.74) is -6.10. The monoisotopic (exact) mass is 1670 g/mol. The summed E-state index contributed by atoms with van der Waals surface area (Å²) < 4.78 is 48.2. The van der Waals surface area contributed by atoms with Gasteiger partial charge in [-0.15, -0.1) is 0 Å². The number of ketones is 4. The third-order valence-corrected chi connectivity index (χ3v) is 21.1. The molecule has 0 spiro atoms. The fraction of sp³-hybridized carbons (Fsp3) is 0.447. The van der Waals surface area contributed by atoms with Crippen molar-refractivity contribution in [3.05, 3.63) is 172 Å². The van der Waals surface area contributed by atoms with Crippen LogP contribution in [0.5, 0.6) is 17.6 Å². The predicted molar refractivity (Wildman–Crippen MR) is 391 cm³/mol. The van der Waals surface area contributed by atoms with Crippen molar-refractivity contribution in [1.29, 1.82) is 0 Å². The van der Waals surface area contributed by atoms with E-state index in [2.05, 4.69) is 19.9 Å². The number of pyridine rings is 6. The first-order valence-electron chi connectivity index (χ1n) is 35.2. The van der Waals surface area contributed by atoms with Gasteiger partial charge in [0, 0.05) is 65.9 Å². The van der Waals surface area contributed by atoms with Gasteiger partial charge in [0.15, 0.2) is 56.7 Å². The van der Waals surface area contributed by atoms with Crippen LogP contribution in [0, 0.1) is 10.6 Å². The van der Waals surface area contributed by atoms with Gasteiger partial charge in [-0.05, 0) is 111 Å². The number of aromatic amines is 1. The summed E-state index contributed by atoms with van der Waals surface area (Å²) in [4.78, 5) is 168. The van der Waals surface area contributed by atoms with E-state index < -0.39 is 80.5 Å². The third kappa shape index (κ3) is 15.1. The summed E-state index contributed by atoms with van der Waals surface area (Å²) in [6.45, 7) is 15.6. The van der Waals surface area contributed by atoms with Crippen LogP contribution >= 0.6 is 22.6 Å². The van der Waals surface area contributed by atoms with Crippen molar-refractivity contribution in [2.75, 3.05) is 21.3 Å². The van der Waals surface area contributed by atoms with E-state index in [1.807, 2.05) is 22.6 Å². The molecule has 112 heavy (non-hydrogen) atoms. The number of nitrogens with one attached hydrogen (secondary N) is 1. The number of aliphatic hydroxyl groups is 7. The van der Waals surface area contributed by atoms with Gasteiger partial charge in [0.1, 0.15) is 54.8 Å². The lowest BCUT2D eigenvalue weighted by Gasteiger charge is -2.32. The van der Waals surface area contributed by atoms with Crippen molar-refractivity contribution in [3.63, 3.8) is 0 Å². The van der Waals surface area contributed by atoms with E-state index in [0.717, 1.165) is 0 Å². The summed E-state index contributed by atoms with van der Waals surface area (Å²) >= 11 is 2.02. The van der Waals surface area contributed by atoms with E-state index in [9.17, 15) is 98.1 Å². The van der Waals surface area contributed by atoms with Crippen molar-refractivity contribution < 1.29 is 126 Å². The standard InChI is InChI=1S/C15H15NO6.C13H13NO5.C13H15NO5.C12H13NO5.C12H15NO4.C11H12INO4/c1-3-15(21)10-4-11-12(18)8(7(2)17)5-16(11)13(19)9(10)6-22-14(15)20;1-2-13(18)8-5-9-10(15)3-4-14(9)11(16)7(8)6-19-12(13)17;1-4-13(17)9-5-10(7(2)15)14-11(18-3)8(9)6-19-12(13)16;1-3-12(17)8-4-9(6(2)14)13-10(15)7(8)5-18-11(12)16;1-4-12(15)9-5-7(2)13-10(16-3)8(9)6-17-11(12)14;1-3-11(15)7-4-8(12)13-9(16-2)6(7)5-17-10(11)14/h4,18,21H,3,5-6H2,1-2H3;5,18H,2-4,6H2,1H3;5,17H,4,6H2,1-3H3;4,17H,3,5H2,1-2H3,(H,13,15);5,15H,4,6H2,1-3H3;4,15H,3,5H2,1-2H3/t15-;2*13-;2*12-;11-/m000000/s1. The molecule has 35 nitrogen and oxygen atoms in total. The highest BCUT2D eigenvalue weighted by Gasteiger charge is 2.51. The van der Waals surface area contributed by atoms with Crippen LogP contribution in [0.25, 0.3) is 5.76 Å². The number of nitrogens with zero attached hydrogens (tertiary/aromatic N) is 5. The second-order valence-electron chi connectivity index (χ2n) is 26.8. The maximum absolute atomic E-state index is 12.5. The molecule has 14 heterocycles. The highest BCUT2D eigenvalue weighted by atomic mass is 127. The van der Waals surface area contributed by atoms with Gasteiger partial charge in [-0.1, -0.05) is 41.5 Å². The summed E-state index contributed by atoms with van der Waals surface area (Å²) in [5, 5.41) is 72.6. The van der Waals surface area contributed by atoms with E-state index in [0.29, 0.717) is 61.1 Å². The largest absolute Gasteiger partial charge is 0.505 e. The predicted octanol–water partition coefficient (Wildman–Crippen LogP) is 4.04. The number of aliphatic hydroxyl groups excluding tert-OH is 1. The number of carbonyl (C=O) groups is 10. The average Bonchev–Trinajstić information content (AvgIpc) is 1.51. The fourth-order valence-corrected chi connectivity index (χ4v) is 14.2. The molecular formula is C76H83IN6O29. The number of aryl methyl sites for hydroxylation is 1. The quantitative estimate of drug-likeness (QED) is 0.0282. The van der Waals surface area contributed by atoms with Crippen LogP contribution in [-0.2, 0) is 148 Å². The highest BCUT2D eigenvalue weighted by molar-refractivity contribution is 14.1. The molecule has 0 saturated heterocycles. The Kier molecular flexibility index (Phi) is 25.0. The smallest absolute Gasteiger partial charge is 0.343 e. The molecule has 6 aromatic heterocycles. The molecule has 0 saturated carbocycles. The van der Waals surface area contributed by atoms with Crippen molar-refractivity contribution >= 4 is 87.3 Å². The molecule has 598 valence electrons. The van der Waals surface area contributed by atoms with Crippen LogP contribution < -0.4 is 30.9 Å². The summed E-state index contributed by atoms with van der Waals surface area (Å²) in [5.74, 6) is -4.70. The number of esters is 6. The minimum absolute atomic E-state index is 0.0230. The number of rotatable bonds is 12. The van der Waals surface area contributed by atoms with Crippen molar-refractivity contribution in [1.82, 2.24) is 29.1 Å². The first-order chi connectivity index (χ1) is 52.7. The molecule has 8 aliphatic rings. The lowest BCUT2D eigenvalue weighted by Crippen LogP contribution is -2.44. The molecule has 6 atom stereocenters. The van der Waals surface area contributed by atoms with Gasteiger partial charge >= 0.3 is 35.8 Å². The first kappa shape index (κ1) is 85.2. The molecule has 0 amide bonds. The summed E-state index contributed by atoms with van der Waals surface area (Å²) in [6, 6.07) is 9.05. The van der Waals surface area contributed by atoms with Gasteiger partial charge in [-0.2, -0.15) is 0 Å². The molecule has 6 aromatic rings. The Hall–Kier alpha value is -10.8. The number of fused-ring (bicyclic) bond motifs is 8. The van der Waals surface area contributed by atoms with Crippen LogP contribution in [-0.4, -0.2) is 145 Å². The Balaban J connectivity index is 0.000000155. The molecule has 8 aliphatic heterocycles. The van der Waals surface area contributed by atoms with E-state index in [1.165, 1.54) is 75.5 Å². The fourth-order valence-electron chi connectivity index (χ4n) is 13.7. The molecule has 0 aromatic carbocycles. The van der Waals surface area contributed by atoms with E-state index in [4.69, 9.17) is 42.6 Å². The van der Waals surface area contributed by atoms with Crippen molar-refractivity contribution in [2.24, 2.45) is 0 Å². The molecule has 0 radical (unpaired) electrons. The molecule has 14 rings (SSSR count). The van der Waals surface area contributed by atoms with Crippen LogP contribution in [0.1, 0.15) is 217 Å². The average molecular weight is 1670 g/mol. The van der Waals surface area contributed by atoms with Crippen molar-refractivity contribution in [3.8, 4) is 17.6 Å². The maximum atomic E-state index is 12.5. The number of halogens is 1. The molecular weight excluding hydrogens is 1590 g/mol. The van der Waals surface area contributed by atoms with Crippen LogP contribution in [0.2, 0.25) is 0 Å². The number of cyclic esters (lactones) is 6. The zero-order valence-electron chi connectivity index (χ0n) is 63.3. The molecule has 8 N–H and O–H groups in total. The lowest BCUT2D eigenvalue weighted by molar-refractivity contribution is -0.172. The van der Waals surface area contributed by atoms with Crippen molar-refractivity contribution in [2.45, 2.75) is 201 Å². The van der Waals surface area contributed by atoms with Crippen LogP contribution in [0.4, 0.5) is 0 Å². The zero-order valence-corrected chi connectivity index (χ0v) is 65.5. The summed E-state index contributed by atoms with van der Waals surface area (Å²) in [7, 11) is 4.41. The normalized spacial score (nSPS) is 23.0. The second kappa shape index (κ2) is 32.9. The van der Waals surface area contributed by atoms with Gasteiger partial charge in [-0.25, -0.2) is 43.7 Å². The van der Waals surface area contributed by atoms with E-state index >= 15 is 0 Å². The Labute approximate surface area is 650 Å². The molecule has 0 unspecified atom stereocenters. The number of aromatic nitrogens is 6. The lowest BCUT2D eigenvalue weighted by atomic mass is 9.86. The number of H-pyrrole nitrogens is 1. The van der Waals surface area contributed by atoms with Gasteiger partial charge in [0.25, 0.3) is 16.7 Å². The number of carbonyl (C=O) groups excluding carboxylic acids is 10. The first-order valence-corrected chi connectivity index (χ1v) is 36.3. The molecule has 0 fully saturated rings. The minimum Gasteiger partial charge on any atom is -0.505 e. The third-order valence-electron chi connectivity index (χ3n) is 20.6. The second-order valence-corrected chi connectivity index (χ2v) is 27.9. The number of hydrogen-bond acceptors (Lipinski definition) is 32. The Morgan fingerprint density at radius 2 is 0.804 bits per heavy atom. The zero-order chi connectivity index (χ0) is 83.0. The van der Waals surface area contributed by atoms with Gasteiger partial charge in [0.2, 0.25) is 17.6 Å². The number of methoxy groups -OCH3 is 3. The number of ether oxygens (including phenoxy) is 9. The Morgan fingerprint density at radius 3 is 1.20 bits per heavy atom. The maximum Gasteiger partial charge on any atom is 0.343 e. The van der Waals surface area contributed by atoms with Gasteiger partial charge in [-0.3, -0.25) is 33.6 Å². The molecule has 0 bridgehead atoms. The van der Waals surface area contributed by atoms with E-state index in [1.54, 1.807) is 60.6 Å². The van der Waals surface area contributed by atoms with Crippen LogP contribution in [0.15, 0.2) is 56.4 Å². The number of hydrogen-bond donors (Lipinski definition) is 8. The highest BCUT2D eigenvalue weighted by Crippen LogP contribution is 2.43. The van der Waals surface area contributed by atoms with Gasteiger partial charge < -0.3 is 92.5 Å². The number of Topliss-reactive ketones (excluding diaryl/α,β-unsaturated/α-hetero) is 4. The van der Waals surface area contributed by atoms with Crippen LogP contribution in [0.3, 0.4) is 0 Å². The SMILES string of the molecule is CC[C@@]1(O)C(=O)OCc2c1cc(C(C)=O)[nH]c2=O.CC[C@@]1(O)C(=O)OCc2c1cc(C(C)=O)nc2OC.CC[C@@]1(O)C(=O)OCc2c1cc(C)nc2OC.CC[C@@]1(O)C(=O)OCc2c1cc(I)nc2OC.CC[C@@]1(O)C(=O)OCc2c1cc1n(c2=O)CC(C(C)=O)=C1O.CC[C@@]1(O)C(=O)OCc2c1cc1n(c2=O)CCC1=O. The molecule has 0 aliphatic carbocycles. The topological polar surface area (TPSA) is 511 Å². The summed E-state index contributed by atoms with van der Waals surface area (Å²) in [6.07, 6.45) is 1.12. The Morgan fingerprint density at radius 1 is 0.455 bits per heavy atom. The van der Waals surface area contributed by atoms with Gasteiger partial charge in [0.05, 0.1) is 83.9 Å². The van der Waals surface area contributed by atoms with E-state index in [-0.39, 0.29) is 193 Å².